The molecule has 0 saturated heterocycles. The Bertz CT molecular complexity index is 650. The van der Waals surface area contributed by atoms with Crippen LogP contribution in [-0.4, -0.2) is 16.7 Å². The van der Waals surface area contributed by atoms with Gasteiger partial charge in [-0.25, -0.2) is 0 Å². The highest BCUT2D eigenvalue weighted by Gasteiger charge is 2.38. The predicted molar refractivity (Wildman–Crippen MR) is 87.8 cm³/mol. The van der Waals surface area contributed by atoms with Crippen molar-refractivity contribution in [3.63, 3.8) is 0 Å². The number of aromatic nitrogens is 2. The zero-order chi connectivity index (χ0) is 14.7. The standard InChI is InChI=1S/C16H19N3O2.ClH/c1-2-20-13-7-4-3-6-12(13)8-9-14-18-15(19-21-14)16(17)10-5-11-16;/h3-4,6-9H,2,5,10-11,17H2,1H3;1H/b9-8+;. The monoisotopic (exact) mass is 321 g/mol. The Labute approximate surface area is 136 Å². The molecule has 0 radical (unpaired) electrons. The maximum atomic E-state index is 6.18. The van der Waals surface area contributed by atoms with E-state index in [1.807, 2.05) is 37.3 Å². The summed E-state index contributed by atoms with van der Waals surface area (Å²) in [5, 5.41) is 3.99. The minimum absolute atomic E-state index is 0. The van der Waals surface area contributed by atoms with E-state index in [2.05, 4.69) is 10.1 Å². The van der Waals surface area contributed by atoms with Crippen LogP contribution in [-0.2, 0) is 5.54 Å². The lowest BCUT2D eigenvalue weighted by atomic mass is 9.77. The summed E-state index contributed by atoms with van der Waals surface area (Å²) >= 11 is 0. The molecule has 0 atom stereocenters. The number of para-hydroxylation sites is 1. The summed E-state index contributed by atoms with van der Waals surface area (Å²) in [6.45, 7) is 2.59. The molecule has 0 aliphatic heterocycles. The Hall–Kier alpha value is -1.85. The maximum Gasteiger partial charge on any atom is 0.250 e. The first-order valence-corrected chi connectivity index (χ1v) is 7.24. The topological polar surface area (TPSA) is 74.2 Å². The third-order valence-electron chi connectivity index (χ3n) is 3.76. The minimum Gasteiger partial charge on any atom is -0.493 e. The average molecular weight is 322 g/mol. The van der Waals surface area contributed by atoms with E-state index >= 15 is 0 Å². The van der Waals surface area contributed by atoms with Gasteiger partial charge in [-0.1, -0.05) is 23.4 Å². The molecule has 0 unspecified atom stereocenters. The lowest BCUT2D eigenvalue weighted by molar-refractivity contribution is 0.229. The molecule has 22 heavy (non-hydrogen) atoms. The molecule has 1 heterocycles. The van der Waals surface area contributed by atoms with Crippen molar-refractivity contribution < 1.29 is 9.26 Å². The molecule has 0 amide bonds. The summed E-state index contributed by atoms with van der Waals surface area (Å²) in [5.74, 6) is 1.91. The normalized spacial score (nSPS) is 16.1. The first kappa shape index (κ1) is 16.5. The number of ether oxygens (including phenoxy) is 1. The van der Waals surface area contributed by atoms with Crippen LogP contribution >= 0.6 is 12.4 Å². The van der Waals surface area contributed by atoms with Crippen molar-refractivity contribution in [2.45, 2.75) is 31.7 Å². The molecule has 6 heteroatoms. The van der Waals surface area contributed by atoms with E-state index in [9.17, 15) is 0 Å². The summed E-state index contributed by atoms with van der Waals surface area (Å²) in [7, 11) is 0. The van der Waals surface area contributed by atoms with Gasteiger partial charge < -0.3 is 15.0 Å². The van der Waals surface area contributed by atoms with Crippen LogP contribution in [0.25, 0.3) is 12.2 Å². The molecule has 1 saturated carbocycles. The zero-order valence-corrected chi connectivity index (χ0v) is 13.3. The highest BCUT2D eigenvalue weighted by molar-refractivity contribution is 5.85. The van der Waals surface area contributed by atoms with Gasteiger partial charge in [-0.15, -0.1) is 12.4 Å². The molecule has 3 rings (SSSR count). The second-order valence-corrected chi connectivity index (χ2v) is 5.27. The summed E-state index contributed by atoms with van der Waals surface area (Å²) in [6.07, 6.45) is 6.66. The highest BCUT2D eigenvalue weighted by Crippen LogP contribution is 2.36. The lowest BCUT2D eigenvalue weighted by Crippen LogP contribution is -2.44. The Morgan fingerprint density at radius 2 is 2.09 bits per heavy atom. The van der Waals surface area contributed by atoms with Crippen molar-refractivity contribution in [1.82, 2.24) is 10.1 Å². The number of hydrogen-bond acceptors (Lipinski definition) is 5. The fourth-order valence-electron chi connectivity index (χ4n) is 2.35. The summed E-state index contributed by atoms with van der Waals surface area (Å²) < 4.78 is 10.8. The van der Waals surface area contributed by atoms with Crippen molar-refractivity contribution in [1.29, 1.82) is 0 Å². The van der Waals surface area contributed by atoms with E-state index in [-0.39, 0.29) is 12.4 Å². The Balaban J connectivity index is 0.00000176. The average Bonchev–Trinajstić information content (AvgIpc) is 2.93. The van der Waals surface area contributed by atoms with Gasteiger partial charge in [-0.05, 0) is 38.3 Å². The molecule has 0 bridgehead atoms. The molecule has 2 N–H and O–H groups in total. The molecule has 1 aliphatic carbocycles. The lowest BCUT2D eigenvalue weighted by Gasteiger charge is -2.34. The van der Waals surface area contributed by atoms with E-state index in [0.29, 0.717) is 18.3 Å². The maximum absolute atomic E-state index is 6.18. The smallest absolute Gasteiger partial charge is 0.250 e. The van der Waals surface area contributed by atoms with Gasteiger partial charge in [0.25, 0.3) is 5.89 Å². The molecule has 118 valence electrons. The number of nitrogens with zero attached hydrogens (tertiary/aromatic N) is 2. The van der Waals surface area contributed by atoms with Crippen LogP contribution in [0, 0.1) is 0 Å². The van der Waals surface area contributed by atoms with Crippen LogP contribution in [0.3, 0.4) is 0 Å². The Morgan fingerprint density at radius 1 is 1.32 bits per heavy atom. The van der Waals surface area contributed by atoms with Gasteiger partial charge >= 0.3 is 0 Å². The fourth-order valence-corrected chi connectivity index (χ4v) is 2.35. The van der Waals surface area contributed by atoms with Gasteiger partial charge in [0.1, 0.15) is 5.75 Å². The van der Waals surface area contributed by atoms with Gasteiger partial charge in [0.05, 0.1) is 12.1 Å². The van der Waals surface area contributed by atoms with Crippen molar-refractivity contribution in [2.24, 2.45) is 5.73 Å². The number of hydrogen-bond donors (Lipinski definition) is 1. The third kappa shape index (κ3) is 3.31. The van der Waals surface area contributed by atoms with Crippen LogP contribution in [0.5, 0.6) is 5.75 Å². The van der Waals surface area contributed by atoms with Crippen LogP contribution in [0.15, 0.2) is 28.8 Å². The first-order valence-electron chi connectivity index (χ1n) is 7.24. The Morgan fingerprint density at radius 3 is 2.77 bits per heavy atom. The van der Waals surface area contributed by atoms with Crippen molar-refractivity contribution in [3.8, 4) is 5.75 Å². The van der Waals surface area contributed by atoms with Gasteiger partial charge in [0.2, 0.25) is 0 Å². The molecule has 2 aromatic rings. The summed E-state index contributed by atoms with van der Waals surface area (Å²) in [4.78, 5) is 4.36. The molecule has 1 aliphatic rings. The molecule has 1 fully saturated rings. The first-order chi connectivity index (χ1) is 10.2. The molecular weight excluding hydrogens is 302 g/mol. The van der Waals surface area contributed by atoms with Crippen LogP contribution in [0.1, 0.15) is 43.5 Å². The number of halogens is 1. The number of nitrogens with two attached hydrogens (primary N) is 1. The van der Waals surface area contributed by atoms with E-state index in [1.54, 1.807) is 6.08 Å². The van der Waals surface area contributed by atoms with Crippen molar-refractivity contribution >= 4 is 24.6 Å². The summed E-state index contributed by atoms with van der Waals surface area (Å²) in [6, 6.07) is 7.83. The Kier molecular flexibility index (Phi) is 5.21. The number of rotatable bonds is 5. The van der Waals surface area contributed by atoms with Crippen LogP contribution < -0.4 is 10.5 Å². The van der Waals surface area contributed by atoms with Gasteiger partial charge in [0, 0.05) is 11.6 Å². The summed E-state index contributed by atoms with van der Waals surface area (Å²) in [5.41, 5.74) is 6.77. The number of benzene rings is 1. The van der Waals surface area contributed by atoms with Crippen molar-refractivity contribution in [3.05, 3.63) is 41.5 Å². The van der Waals surface area contributed by atoms with E-state index in [1.165, 1.54) is 0 Å². The van der Waals surface area contributed by atoms with Crippen molar-refractivity contribution in [2.75, 3.05) is 6.61 Å². The van der Waals surface area contributed by atoms with Crippen LogP contribution in [0.4, 0.5) is 0 Å². The largest absolute Gasteiger partial charge is 0.493 e. The van der Waals surface area contributed by atoms with Gasteiger partial charge in [0.15, 0.2) is 5.82 Å². The molecule has 0 spiro atoms. The van der Waals surface area contributed by atoms with E-state index in [4.69, 9.17) is 15.0 Å². The van der Waals surface area contributed by atoms with Gasteiger partial charge in [-0.3, -0.25) is 0 Å². The van der Waals surface area contributed by atoms with Crippen LogP contribution in [0.2, 0.25) is 0 Å². The predicted octanol–water partition coefficient (Wildman–Crippen LogP) is 3.40. The second-order valence-electron chi connectivity index (χ2n) is 5.27. The van der Waals surface area contributed by atoms with E-state index in [0.717, 1.165) is 30.6 Å². The van der Waals surface area contributed by atoms with E-state index < -0.39 is 5.54 Å². The highest BCUT2D eigenvalue weighted by atomic mass is 35.5. The van der Waals surface area contributed by atoms with Gasteiger partial charge in [-0.2, -0.15) is 4.98 Å². The molecule has 1 aromatic heterocycles. The molecule has 5 nitrogen and oxygen atoms in total. The molecule has 1 aromatic carbocycles. The third-order valence-corrected chi connectivity index (χ3v) is 3.76. The zero-order valence-electron chi connectivity index (χ0n) is 12.5. The SMILES string of the molecule is CCOc1ccccc1/C=C/c1nc(C2(N)CCC2)no1.Cl. The quantitative estimate of drug-likeness (QED) is 0.913. The minimum atomic E-state index is -0.390. The fraction of sp³-hybridized carbons (Fsp3) is 0.375. The molecular formula is C16H20ClN3O2. The second kappa shape index (κ2) is 6.94.